The van der Waals surface area contributed by atoms with E-state index in [2.05, 4.69) is 9.72 Å². The number of para-hydroxylation sites is 1. The van der Waals surface area contributed by atoms with E-state index in [4.69, 9.17) is 10.5 Å². The van der Waals surface area contributed by atoms with E-state index in [9.17, 15) is 4.79 Å². The topological polar surface area (TPSA) is 74.4 Å². The number of benzene rings is 1. The van der Waals surface area contributed by atoms with Gasteiger partial charge in [-0.15, -0.1) is 0 Å². The van der Waals surface area contributed by atoms with Crippen molar-refractivity contribution in [3.05, 3.63) is 30.0 Å². The molecular weight excluding hydrogens is 220 g/mol. The lowest BCUT2D eigenvalue weighted by Crippen LogP contribution is -2.08. The number of nitrogen functional groups attached to an aromatic ring is 1. The van der Waals surface area contributed by atoms with Crippen LogP contribution in [0.25, 0.3) is 10.9 Å². The van der Waals surface area contributed by atoms with Gasteiger partial charge < -0.3 is 15.2 Å². The van der Waals surface area contributed by atoms with Gasteiger partial charge in [0.25, 0.3) is 0 Å². The second-order valence-corrected chi connectivity index (χ2v) is 3.45. The first-order valence-corrected chi connectivity index (χ1v) is 4.99. The molecule has 0 aliphatic heterocycles. The number of nitrogens with zero attached hydrogens (tertiary/aromatic N) is 1. The van der Waals surface area contributed by atoms with E-state index in [1.54, 1.807) is 19.2 Å². The number of carbonyl (C=O) groups excluding carboxylic acids is 1. The highest BCUT2D eigenvalue weighted by Gasteiger charge is 2.14. The molecule has 0 atom stereocenters. The van der Waals surface area contributed by atoms with Gasteiger partial charge in [0.05, 0.1) is 19.9 Å². The average Bonchev–Trinajstić information content (AvgIpc) is 2.36. The van der Waals surface area contributed by atoms with Crippen molar-refractivity contribution in [2.45, 2.75) is 0 Å². The molecule has 1 heterocycles. The highest BCUT2D eigenvalue weighted by molar-refractivity contribution is 5.98. The standard InChI is InChI=1S/C12H12N2O3/c1-16-9-5-3-4-7-6-8(13)11(12(15)17-2)14-10(7)9/h3-6H,13H2,1-2H3. The van der Waals surface area contributed by atoms with Crippen LogP contribution >= 0.6 is 0 Å². The molecule has 1 aromatic heterocycles. The van der Waals surface area contributed by atoms with Crippen molar-refractivity contribution in [1.29, 1.82) is 0 Å². The predicted octanol–water partition coefficient (Wildman–Crippen LogP) is 1.61. The van der Waals surface area contributed by atoms with Crippen LogP contribution < -0.4 is 10.5 Å². The summed E-state index contributed by atoms with van der Waals surface area (Å²) in [6.07, 6.45) is 0. The van der Waals surface area contributed by atoms with Gasteiger partial charge >= 0.3 is 5.97 Å². The number of hydrogen-bond acceptors (Lipinski definition) is 5. The van der Waals surface area contributed by atoms with Crippen molar-refractivity contribution in [3.8, 4) is 5.75 Å². The molecule has 0 aliphatic carbocycles. The van der Waals surface area contributed by atoms with Gasteiger partial charge in [0.2, 0.25) is 0 Å². The average molecular weight is 232 g/mol. The minimum absolute atomic E-state index is 0.101. The molecule has 0 radical (unpaired) electrons. The van der Waals surface area contributed by atoms with Crippen LogP contribution in [0, 0.1) is 0 Å². The van der Waals surface area contributed by atoms with Crippen LogP contribution in [-0.4, -0.2) is 25.2 Å². The van der Waals surface area contributed by atoms with Crippen molar-refractivity contribution in [2.75, 3.05) is 20.0 Å². The molecule has 2 N–H and O–H groups in total. The fourth-order valence-electron chi connectivity index (χ4n) is 1.61. The van der Waals surface area contributed by atoms with Crippen molar-refractivity contribution < 1.29 is 14.3 Å². The highest BCUT2D eigenvalue weighted by atomic mass is 16.5. The maximum absolute atomic E-state index is 11.5. The molecule has 0 bridgehead atoms. The maximum atomic E-state index is 11.5. The van der Waals surface area contributed by atoms with Gasteiger partial charge in [-0.25, -0.2) is 9.78 Å². The van der Waals surface area contributed by atoms with Gasteiger partial charge in [0.15, 0.2) is 5.69 Å². The monoisotopic (exact) mass is 232 g/mol. The Morgan fingerprint density at radius 2 is 2.12 bits per heavy atom. The second-order valence-electron chi connectivity index (χ2n) is 3.45. The van der Waals surface area contributed by atoms with Crippen LogP contribution in [0.4, 0.5) is 5.69 Å². The number of rotatable bonds is 2. The zero-order valence-electron chi connectivity index (χ0n) is 9.56. The normalized spacial score (nSPS) is 10.2. The lowest BCUT2D eigenvalue weighted by molar-refractivity contribution is 0.0596. The van der Waals surface area contributed by atoms with E-state index in [0.717, 1.165) is 5.39 Å². The summed E-state index contributed by atoms with van der Waals surface area (Å²) in [6.45, 7) is 0. The fraction of sp³-hybridized carbons (Fsp3) is 0.167. The molecule has 0 saturated carbocycles. The van der Waals surface area contributed by atoms with Crippen molar-refractivity contribution in [3.63, 3.8) is 0 Å². The van der Waals surface area contributed by atoms with E-state index < -0.39 is 5.97 Å². The van der Waals surface area contributed by atoms with Gasteiger partial charge in [-0.3, -0.25) is 0 Å². The molecule has 88 valence electrons. The van der Waals surface area contributed by atoms with E-state index in [0.29, 0.717) is 11.3 Å². The molecule has 2 aromatic rings. The Labute approximate surface area is 98.2 Å². The Morgan fingerprint density at radius 3 is 2.76 bits per heavy atom. The van der Waals surface area contributed by atoms with Crippen LogP contribution in [0.5, 0.6) is 5.75 Å². The largest absolute Gasteiger partial charge is 0.494 e. The van der Waals surface area contributed by atoms with Gasteiger partial charge in [0, 0.05) is 5.39 Å². The first kappa shape index (κ1) is 11.2. The zero-order valence-corrected chi connectivity index (χ0v) is 9.56. The number of fused-ring (bicyclic) bond motifs is 1. The third kappa shape index (κ3) is 1.87. The molecule has 5 nitrogen and oxygen atoms in total. The van der Waals surface area contributed by atoms with E-state index in [1.165, 1.54) is 7.11 Å². The Kier molecular flexibility index (Phi) is 2.82. The summed E-state index contributed by atoms with van der Waals surface area (Å²) in [5.41, 5.74) is 6.73. The lowest BCUT2D eigenvalue weighted by Gasteiger charge is -2.08. The number of hydrogen-bond donors (Lipinski definition) is 1. The van der Waals surface area contributed by atoms with Crippen LogP contribution in [0.1, 0.15) is 10.5 Å². The van der Waals surface area contributed by atoms with Gasteiger partial charge in [-0.05, 0) is 12.1 Å². The molecule has 5 heteroatoms. The Bertz CT molecular complexity index is 581. The summed E-state index contributed by atoms with van der Waals surface area (Å²) in [6, 6.07) is 7.13. The van der Waals surface area contributed by atoms with Crippen molar-refractivity contribution in [2.24, 2.45) is 0 Å². The molecule has 1 aromatic carbocycles. The van der Waals surface area contributed by atoms with Crippen molar-refractivity contribution in [1.82, 2.24) is 4.98 Å². The van der Waals surface area contributed by atoms with E-state index >= 15 is 0 Å². The molecule has 0 amide bonds. The van der Waals surface area contributed by atoms with Crippen LogP contribution in [0.3, 0.4) is 0 Å². The number of ether oxygens (including phenoxy) is 2. The molecule has 0 fully saturated rings. The summed E-state index contributed by atoms with van der Waals surface area (Å²) in [5, 5.41) is 0.814. The van der Waals surface area contributed by atoms with Crippen LogP contribution in [0.15, 0.2) is 24.3 Å². The molecule has 17 heavy (non-hydrogen) atoms. The lowest BCUT2D eigenvalue weighted by atomic mass is 10.1. The number of carbonyl (C=O) groups is 1. The van der Waals surface area contributed by atoms with Gasteiger partial charge in [-0.1, -0.05) is 12.1 Å². The molecular formula is C12H12N2O3. The Hall–Kier alpha value is -2.30. The minimum atomic E-state index is -0.560. The molecule has 0 spiro atoms. The predicted molar refractivity (Wildman–Crippen MR) is 64.0 cm³/mol. The first-order chi connectivity index (χ1) is 8.17. The van der Waals surface area contributed by atoms with Gasteiger partial charge in [-0.2, -0.15) is 0 Å². The summed E-state index contributed by atoms with van der Waals surface area (Å²) >= 11 is 0. The summed E-state index contributed by atoms with van der Waals surface area (Å²) in [7, 11) is 2.83. The minimum Gasteiger partial charge on any atom is -0.494 e. The number of pyridine rings is 1. The summed E-state index contributed by atoms with van der Waals surface area (Å²) < 4.78 is 9.80. The SMILES string of the molecule is COC(=O)c1nc2c(OC)cccc2cc1N. The second kappa shape index (κ2) is 4.29. The Balaban J connectivity index is 2.72. The van der Waals surface area contributed by atoms with Crippen molar-refractivity contribution >= 4 is 22.6 Å². The van der Waals surface area contributed by atoms with Crippen LogP contribution in [-0.2, 0) is 4.74 Å². The number of nitrogens with two attached hydrogens (primary N) is 1. The number of anilines is 1. The Morgan fingerprint density at radius 1 is 1.35 bits per heavy atom. The molecule has 0 saturated heterocycles. The maximum Gasteiger partial charge on any atom is 0.358 e. The molecule has 0 aliphatic rings. The van der Waals surface area contributed by atoms with Crippen LogP contribution in [0.2, 0.25) is 0 Å². The number of aromatic nitrogens is 1. The summed E-state index contributed by atoms with van der Waals surface area (Å²) in [5.74, 6) is 0.0305. The fourth-order valence-corrected chi connectivity index (χ4v) is 1.61. The highest BCUT2D eigenvalue weighted by Crippen LogP contribution is 2.26. The van der Waals surface area contributed by atoms with E-state index in [-0.39, 0.29) is 11.4 Å². The number of esters is 1. The molecule has 0 unspecified atom stereocenters. The molecule has 2 rings (SSSR count). The zero-order chi connectivity index (χ0) is 12.4. The number of methoxy groups -OCH3 is 2. The third-order valence-electron chi connectivity index (χ3n) is 2.44. The third-order valence-corrected chi connectivity index (χ3v) is 2.44. The quantitative estimate of drug-likeness (QED) is 0.796. The van der Waals surface area contributed by atoms with Gasteiger partial charge in [0.1, 0.15) is 11.3 Å². The smallest absolute Gasteiger partial charge is 0.358 e. The summed E-state index contributed by atoms with van der Waals surface area (Å²) in [4.78, 5) is 15.7. The first-order valence-electron chi connectivity index (χ1n) is 4.99. The van der Waals surface area contributed by atoms with E-state index in [1.807, 2.05) is 12.1 Å².